The molecule has 0 amide bonds. The number of ether oxygens (including phenoxy) is 1. The molecule has 11 nitrogen and oxygen atoms in total. The molecule has 3 saturated carbocycles. The fraction of sp³-hybridized carbons (Fsp3) is 0.759. The van der Waals surface area contributed by atoms with Gasteiger partial charge in [0.1, 0.15) is 8.51 Å². The Labute approximate surface area is 519 Å². The molecule has 81 heavy (non-hydrogen) atoms. The van der Waals surface area contributed by atoms with Crippen molar-refractivity contribution in [2.75, 3.05) is 38.9 Å². The lowest BCUT2D eigenvalue weighted by atomic mass is 9.95. The standard InChI is InChI=1S/C17H23OPS.C13H26O2Si2.C8H12O.2C6H18O3Si3.C4H8O.C3H9ClSi.CH4/c1-2-16-10-15(11-17(16)12-19-13-18-20)9-8-14-6-4-3-5-7-14;1-16(2,3)15-17(4,5)14-10-13-9-11-6-7-12(13)8-11;9-5-8-4-6-1-2-7(8)3-6;2*1-10(2)7-11(3,4)9-12(5,6)8-10;1-2-4-5-3-1;1-5(2,3)4;/h2-9,15-17,19-20H,1,10-13H2;6-7,11-13H,8-10H2,1-5H3;1-2,6-9H,3-5H2;2*1-6H3;1-4H2;1-3H3;1H4/b9-8+;;;;;;;/i/hD. The van der Waals surface area contributed by atoms with Crippen LogP contribution in [0.3, 0.4) is 0 Å². The number of aliphatic hydroxyl groups is 1. The molecule has 0 aromatic heterocycles. The van der Waals surface area contributed by atoms with Gasteiger partial charge in [0, 0.05) is 26.4 Å². The minimum absolute atomic E-state index is 0. The zero-order chi connectivity index (χ0) is 61.1. The molecule has 10 atom stereocenters. The van der Waals surface area contributed by atoms with E-state index in [1.807, 2.05) is 0 Å². The van der Waals surface area contributed by atoms with Gasteiger partial charge in [0.2, 0.25) is 0 Å². The topological polar surface area (TPSA) is 113 Å². The van der Waals surface area contributed by atoms with Crippen molar-refractivity contribution in [1.29, 1.82) is 1.12 Å². The van der Waals surface area contributed by atoms with Crippen molar-refractivity contribution in [1.82, 2.24) is 0 Å². The van der Waals surface area contributed by atoms with E-state index in [0.29, 0.717) is 30.7 Å². The molecule has 0 radical (unpaired) electrons. The Morgan fingerprint density at radius 2 is 1.11 bits per heavy atom. The third kappa shape index (κ3) is 33.8. The highest BCUT2D eigenvalue weighted by atomic mass is 35.6. The largest absolute Gasteiger partial charge is 0.436 e. The van der Waals surface area contributed by atoms with Crippen LogP contribution in [-0.4, -0.2) is 121 Å². The summed E-state index contributed by atoms with van der Waals surface area (Å²) in [4.78, 5) is 0. The van der Waals surface area contributed by atoms with E-state index < -0.39 is 75.6 Å². The van der Waals surface area contributed by atoms with Crippen LogP contribution in [0.15, 0.2) is 73.4 Å². The summed E-state index contributed by atoms with van der Waals surface area (Å²) in [5, 5.41) is 8.85. The molecule has 1 aromatic carbocycles. The maximum atomic E-state index is 8.85. The smallest absolute Gasteiger partial charge is 0.321 e. The van der Waals surface area contributed by atoms with Gasteiger partial charge in [-0.3, -0.25) is 0 Å². The van der Waals surface area contributed by atoms with Crippen LogP contribution >= 0.6 is 32.5 Å². The van der Waals surface area contributed by atoms with Gasteiger partial charge in [0.15, 0.2) is 8.32 Å². The van der Waals surface area contributed by atoms with E-state index in [-0.39, 0.29) is 7.43 Å². The Morgan fingerprint density at radius 3 is 1.44 bits per heavy atom. The van der Waals surface area contributed by atoms with Gasteiger partial charge in [-0.15, -0.1) is 6.58 Å². The van der Waals surface area contributed by atoms with Crippen LogP contribution in [0, 0.1) is 53.3 Å². The second-order valence-corrected chi connectivity index (χ2v) is 66.8. The maximum Gasteiger partial charge on any atom is 0.321 e. The second kappa shape index (κ2) is 34.7. The van der Waals surface area contributed by atoms with Crippen LogP contribution < -0.4 is 0 Å². The number of benzene rings is 1. The molecule has 1 aromatic rings. The van der Waals surface area contributed by atoms with E-state index in [1.165, 1.54) is 63.1 Å². The van der Waals surface area contributed by atoms with E-state index in [4.69, 9.17) is 59.5 Å². The van der Waals surface area contributed by atoms with Gasteiger partial charge in [0.25, 0.3) is 0 Å². The number of hydrogen-bond donors (Lipinski definition) is 2. The van der Waals surface area contributed by atoms with E-state index in [0.717, 1.165) is 76.7 Å². The molecule has 8 aliphatic rings. The van der Waals surface area contributed by atoms with Crippen LogP contribution in [-0.2, 0) is 42.2 Å². The van der Waals surface area contributed by atoms with Gasteiger partial charge in [-0.05, 0) is 240 Å². The predicted octanol–water partition coefficient (Wildman–Crippen LogP) is 17.8. The van der Waals surface area contributed by atoms with Crippen molar-refractivity contribution < 1.29 is 47.3 Å². The van der Waals surface area contributed by atoms with Crippen molar-refractivity contribution in [2.45, 2.75) is 190 Å². The summed E-state index contributed by atoms with van der Waals surface area (Å²) in [7, 11) is -14.9. The first-order valence-electron chi connectivity index (χ1n) is 30.2. The maximum absolute atomic E-state index is 8.85. The number of rotatable bonds is 14. The molecule has 3 heterocycles. The lowest BCUT2D eigenvalue weighted by molar-refractivity contribution is 0.185. The molecular weight excluding hydrogens is 1220 g/mol. The highest BCUT2D eigenvalue weighted by Gasteiger charge is 2.51. The van der Waals surface area contributed by atoms with Crippen LogP contribution in [0.1, 0.15) is 64.4 Å². The average molecular weight is 1340 g/mol. The molecule has 10 unspecified atom stereocenters. The molecular formula is C58H118ClO11PSSi9. The normalized spacial score (nSPS) is 30.3. The average Bonchev–Trinajstić information content (AvgIpc) is 4.18. The number of aliphatic hydroxyl groups excluding tert-OH is 1. The molecule has 470 valence electrons. The molecule has 1 N–H and O–H groups in total. The lowest BCUT2D eigenvalue weighted by Crippen LogP contribution is -2.64. The molecule has 4 bridgehead atoms. The Morgan fingerprint density at radius 1 is 0.667 bits per heavy atom. The van der Waals surface area contributed by atoms with E-state index >= 15 is 0 Å². The van der Waals surface area contributed by atoms with Gasteiger partial charge in [-0.25, -0.2) is 0 Å². The van der Waals surface area contributed by atoms with Gasteiger partial charge in [-0.2, -0.15) is 11.1 Å². The van der Waals surface area contributed by atoms with Crippen LogP contribution in [0.4, 0.5) is 0 Å². The summed E-state index contributed by atoms with van der Waals surface area (Å²) >= 11 is 6.39. The third-order valence-electron chi connectivity index (χ3n) is 14.1. The fourth-order valence-electron chi connectivity index (χ4n) is 12.4. The summed E-state index contributed by atoms with van der Waals surface area (Å²) in [6, 6.07) is 10.5. The second-order valence-electron chi connectivity index (χ2n) is 28.0. The number of fused-ring (bicyclic) bond motifs is 4. The molecule has 5 aliphatic carbocycles. The zero-order valence-corrected chi connectivity index (χ0v) is 65.1. The quantitative estimate of drug-likeness (QED) is 0.0353. The van der Waals surface area contributed by atoms with Crippen LogP contribution in [0.25, 0.3) is 6.08 Å². The van der Waals surface area contributed by atoms with Gasteiger partial charge >= 0.3 is 59.9 Å². The van der Waals surface area contributed by atoms with Crippen molar-refractivity contribution in [2.24, 2.45) is 53.3 Å². The number of thiol groups is 1. The predicted molar refractivity (Wildman–Crippen MR) is 374 cm³/mol. The Kier molecular flexibility index (Phi) is 32.5. The van der Waals surface area contributed by atoms with Gasteiger partial charge in [0.05, 0.1) is 6.35 Å². The summed E-state index contributed by atoms with van der Waals surface area (Å²) in [6.45, 7) is 49.8. The van der Waals surface area contributed by atoms with Crippen LogP contribution in [0.5, 0.6) is 0 Å². The molecule has 3 aliphatic heterocycles. The minimum atomic E-state index is -1.90. The Hall–Kier alpha value is 0.762. The third-order valence-corrected chi connectivity index (χ3v) is 44.4. The first kappa shape index (κ1) is 76.0. The summed E-state index contributed by atoms with van der Waals surface area (Å²) in [5.74, 6) is 6.54. The first-order valence-corrected chi connectivity index (χ1v) is 59.2. The molecule has 6 fully saturated rings. The molecule has 0 spiro atoms. The highest BCUT2D eigenvalue weighted by molar-refractivity contribution is 7.75. The van der Waals surface area contributed by atoms with E-state index in [1.54, 1.807) is 0 Å². The lowest BCUT2D eigenvalue weighted by Gasteiger charge is -2.46. The highest BCUT2D eigenvalue weighted by Crippen LogP contribution is 2.45. The molecule has 3 saturated heterocycles. The van der Waals surface area contributed by atoms with E-state index in [9.17, 15) is 0 Å². The first-order chi connectivity index (χ1) is 37.2. The summed E-state index contributed by atoms with van der Waals surface area (Å²) < 4.78 is 64.5. The summed E-state index contributed by atoms with van der Waals surface area (Å²) in [5.41, 5.74) is 1.28. The van der Waals surface area contributed by atoms with Crippen LogP contribution in [0.2, 0.25) is 131 Å². The molecule has 23 heteroatoms. The van der Waals surface area contributed by atoms with E-state index in [2.05, 4.69) is 210 Å². The van der Waals surface area contributed by atoms with Crippen molar-refractivity contribution in [3.05, 3.63) is 78.9 Å². The number of hydrogen-bond acceptors (Lipinski definition) is 12. The number of halogens is 1. The Bertz CT molecular complexity index is 1940. The fourth-order valence-corrected chi connectivity index (χ4v) is 52.1. The minimum Gasteiger partial charge on any atom is -0.436 e. The monoisotopic (exact) mass is 1340 g/mol. The van der Waals surface area contributed by atoms with Crippen molar-refractivity contribution >= 4 is 114 Å². The SMILES string of the molecule is C.C1CCOC1.C[Si](C)(C)Cl.C[Si](C)(C)O[Si](C)(C)OCC1CC2C=CC1C2.C[Si]1(C)O[Si](C)(C)O[Si](C)(C)O1.C[Si]1(C)O[Si](C)(C)O[Si](C)(C)O1.OCC1CC2C=CC1C2.[2H]SOCPCC1CC(/C=C/c2ccccc2)CC1C=C. The zero-order valence-electron chi connectivity index (χ0n) is 54.5. The Balaban J connectivity index is 0.000000341. The van der Waals surface area contributed by atoms with Gasteiger partial charge in [-0.1, -0.05) is 109 Å². The number of allylic oxidation sites excluding steroid dienone is 6. The summed E-state index contributed by atoms with van der Waals surface area (Å²) in [6.07, 6.45) is 28.3. The van der Waals surface area contributed by atoms with Crippen molar-refractivity contribution in [3.63, 3.8) is 0 Å². The molecule has 9 rings (SSSR count). The van der Waals surface area contributed by atoms with Crippen molar-refractivity contribution in [3.8, 4) is 0 Å². The van der Waals surface area contributed by atoms with Gasteiger partial charge < -0.3 is 47.3 Å².